The van der Waals surface area contributed by atoms with Crippen LogP contribution in [0.15, 0.2) is 54.6 Å². The van der Waals surface area contributed by atoms with Gasteiger partial charge in [-0.1, -0.05) is 55.5 Å². The maximum absolute atomic E-state index is 11.4. The molecule has 28 heavy (non-hydrogen) atoms. The van der Waals surface area contributed by atoms with E-state index in [4.69, 9.17) is 4.98 Å². The quantitative estimate of drug-likeness (QED) is 0.672. The minimum absolute atomic E-state index is 0.185. The highest BCUT2D eigenvalue weighted by Gasteiger charge is 2.19. The molecule has 3 aromatic rings. The van der Waals surface area contributed by atoms with E-state index in [0.717, 1.165) is 55.4 Å². The van der Waals surface area contributed by atoms with Crippen molar-refractivity contribution in [2.24, 2.45) is 0 Å². The zero-order valence-electron chi connectivity index (χ0n) is 16.7. The van der Waals surface area contributed by atoms with Crippen LogP contribution in [-0.4, -0.2) is 48.4 Å². The van der Waals surface area contributed by atoms with Gasteiger partial charge < -0.3 is 9.80 Å². The predicted molar refractivity (Wildman–Crippen MR) is 116 cm³/mol. The first-order valence-electron chi connectivity index (χ1n) is 10.1. The van der Waals surface area contributed by atoms with Crippen LogP contribution in [0.25, 0.3) is 22.0 Å². The molecule has 2 aromatic carbocycles. The Labute approximate surface area is 166 Å². The van der Waals surface area contributed by atoms with Gasteiger partial charge in [-0.2, -0.15) is 0 Å². The maximum atomic E-state index is 11.4. The van der Waals surface area contributed by atoms with Gasteiger partial charge in [-0.3, -0.25) is 4.79 Å². The van der Waals surface area contributed by atoms with Crippen LogP contribution in [-0.2, 0) is 11.2 Å². The van der Waals surface area contributed by atoms with Gasteiger partial charge in [-0.05, 0) is 30.5 Å². The fourth-order valence-electron chi connectivity index (χ4n) is 3.93. The molecule has 0 unspecified atom stereocenters. The number of hydrogen-bond donors (Lipinski definition) is 0. The van der Waals surface area contributed by atoms with Crippen molar-refractivity contribution >= 4 is 22.4 Å². The van der Waals surface area contributed by atoms with Gasteiger partial charge >= 0.3 is 0 Å². The van der Waals surface area contributed by atoms with Gasteiger partial charge in [0, 0.05) is 43.5 Å². The lowest BCUT2D eigenvalue weighted by molar-refractivity contribution is -0.116. The number of anilines is 1. The van der Waals surface area contributed by atoms with Gasteiger partial charge in [0.05, 0.1) is 5.69 Å². The minimum Gasteiger partial charge on any atom is -0.354 e. The Morgan fingerprint density at radius 3 is 2.39 bits per heavy atom. The summed E-state index contributed by atoms with van der Waals surface area (Å²) in [5.41, 5.74) is 3.13. The number of pyridine rings is 1. The van der Waals surface area contributed by atoms with E-state index >= 15 is 0 Å². The molecule has 144 valence electrons. The highest BCUT2D eigenvalue weighted by Crippen LogP contribution is 2.30. The second-order valence-corrected chi connectivity index (χ2v) is 7.55. The van der Waals surface area contributed by atoms with Crippen molar-refractivity contribution in [3.63, 3.8) is 0 Å². The second-order valence-electron chi connectivity index (χ2n) is 7.55. The summed E-state index contributed by atoms with van der Waals surface area (Å²) in [6, 6.07) is 18.9. The van der Waals surface area contributed by atoms with E-state index in [2.05, 4.69) is 59.2 Å². The maximum Gasteiger partial charge on any atom is 0.137 e. The Morgan fingerprint density at radius 1 is 1.00 bits per heavy atom. The number of benzene rings is 2. The number of aromatic nitrogens is 1. The van der Waals surface area contributed by atoms with E-state index in [-0.39, 0.29) is 5.78 Å². The molecule has 1 fully saturated rings. The second kappa shape index (κ2) is 8.11. The summed E-state index contributed by atoms with van der Waals surface area (Å²) < 4.78 is 0. The van der Waals surface area contributed by atoms with Crippen LogP contribution in [0, 0.1) is 0 Å². The van der Waals surface area contributed by atoms with E-state index in [0.29, 0.717) is 6.42 Å². The molecule has 1 aliphatic heterocycles. The largest absolute Gasteiger partial charge is 0.354 e. The number of carbonyl (C=O) groups is 1. The van der Waals surface area contributed by atoms with Crippen molar-refractivity contribution in [2.75, 3.05) is 37.6 Å². The average Bonchev–Trinajstić information content (AvgIpc) is 2.73. The molecule has 2 heterocycles. The topological polar surface area (TPSA) is 36.4 Å². The number of fused-ring (bicyclic) bond motifs is 1. The number of nitrogens with zero attached hydrogens (tertiary/aromatic N) is 3. The fourth-order valence-corrected chi connectivity index (χ4v) is 3.93. The summed E-state index contributed by atoms with van der Waals surface area (Å²) in [4.78, 5) is 21.3. The number of Topliss-reactive ketones (excluding diaryl/α,β-unsaturated/α-hetero) is 1. The molecule has 4 nitrogen and oxygen atoms in total. The summed E-state index contributed by atoms with van der Waals surface area (Å²) in [6.45, 7) is 9.13. The molecule has 0 radical (unpaired) electrons. The van der Waals surface area contributed by atoms with Crippen molar-refractivity contribution in [2.45, 2.75) is 20.3 Å². The van der Waals surface area contributed by atoms with Crippen LogP contribution in [0.3, 0.4) is 0 Å². The molecule has 1 saturated heterocycles. The molecule has 4 rings (SSSR count). The van der Waals surface area contributed by atoms with Crippen molar-refractivity contribution in [3.8, 4) is 11.3 Å². The van der Waals surface area contributed by atoms with E-state index in [9.17, 15) is 4.79 Å². The molecule has 1 aliphatic rings. The van der Waals surface area contributed by atoms with Crippen LogP contribution in [0.2, 0.25) is 0 Å². The number of ketones is 1. The average molecular weight is 374 g/mol. The first-order chi connectivity index (χ1) is 13.6. The molecule has 0 bridgehead atoms. The third kappa shape index (κ3) is 3.92. The highest BCUT2D eigenvalue weighted by molar-refractivity contribution is 5.95. The van der Waals surface area contributed by atoms with Gasteiger partial charge in [0.2, 0.25) is 0 Å². The summed E-state index contributed by atoms with van der Waals surface area (Å²) in [7, 11) is 0. The molecular weight excluding hydrogens is 346 g/mol. The number of piperazine rings is 1. The molecule has 0 amide bonds. The summed E-state index contributed by atoms with van der Waals surface area (Å²) in [6.07, 6.45) is 0.485. The Balaban J connectivity index is 1.71. The van der Waals surface area contributed by atoms with Gasteiger partial charge in [-0.25, -0.2) is 4.98 Å². The van der Waals surface area contributed by atoms with Crippen LogP contribution in [0.4, 0.5) is 5.82 Å². The lowest BCUT2D eigenvalue weighted by atomic mass is 10.0. The van der Waals surface area contributed by atoms with E-state index < -0.39 is 0 Å². The lowest BCUT2D eigenvalue weighted by Crippen LogP contribution is -2.46. The lowest BCUT2D eigenvalue weighted by Gasteiger charge is -2.35. The zero-order chi connectivity index (χ0) is 19.5. The SMILES string of the molecule is CCN1CCN(c2nc(-c3ccc(CC(C)=O)cc3)cc3ccccc23)CC1. The number of likely N-dealkylation sites (N-methyl/N-ethyl adjacent to an activating group) is 1. The molecule has 0 N–H and O–H groups in total. The predicted octanol–water partition coefficient (Wildman–Crippen LogP) is 4.18. The van der Waals surface area contributed by atoms with Crippen LogP contribution in [0.1, 0.15) is 19.4 Å². The van der Waals surface area contributed by atoms with Crippen molar-refractivity contribution in [3.05, 3.63) is 60.2 Å². The van der Waals surface area contributed by atoms with Crippen LogP contribution in [0.5, 0.6) is 0 Å². The first-order valence-corrected chi connectivity index (χ1v) is 10.1. The zero-order valence-corrected chi connectivity index (χ0v) is 16.7. The van der Waals surface area contributed by atoms with Gasteiger partial charge in [-0.15, -0.1) is 0 Å². The van der Waals surface area contributed by atoms with Crippen molar-refractivity contribution in [1.82, 2.24) is 9.88 Å². The third-order valence-corrected chi connectivity index (χ3v) is 5.54. The molecule has 0 saturated carbocycles. The number of hydrogen-bond acceptors (Lipinski definition) is 4. The summed E-state index contributed by atoms with van der Waals surface area (Å²) >= 11 is 0. The number of carbonyl (C=O) groups excluding carboxylic acids is 1. The summed E-state index contributed by atoms with van der Waals surface area (Å²) in [5.74, 6) is 1.27. The molecule has 1 aromatic heterocycles. The highest BCUT2D eigenvalue weighted by atomic mass is 16.1. The first kappa shape index (κ1) is 18.6. The minimum atomic E-state index is 0.185. The van der Waals surface area contributed by atoms with Crippen molar-refractivity contribution in [1.29, 1.82) is 0 Å². The van der Waals surface area contributed by atoms with Crippen LogP contribution >= 0.6 is 0 Å². The van der Waals surface area contributed by atoms with Gasteiger partial charge in [0.1, 0.15) is 11.6 Å². The Hall–Kier alpha value is -2.72. The Morgan fingerprint density at radius 2 is 1.71 bits per heavy atom. The molecule has 0 spiro atoms. The Bertz CT molecular complexity index is 973. The normalized spacial score (nSPS) is 15.1. The van der Waals surface area contributed by atoms with Crippen LogP contribution < -0.4 is 4.90 Å². The molecule has 0 atom stereocenters. The third-order valence-electron chi connectivity index (χ3n) is 5.54. The molecule has 4 heteroatoms. The van der Waals surface area contributed by atoms with Crippen molar-refractivity contribution < 1.29 is 4.79 Å². The standard InChI is InChI=1S/C24H27N3O/c1-3-26-12-14-27(15-13-26)24-22-7-5-4-6-21(22)17-23(25-24)20-10-8-19(9-11-20)16-18(2)28/h4-11,17H,3,12-16H2,1-2H3. The van der Waals surface area contributed by atoms with Gasteiger partial charge in [0.15, 0.2) is 0 Å². The van der Waals surface area contributed by atoms with E-state index in [1.165, 1.54) is 10.8 Å². The molecule has 0 aliphatic carbocycles. The number of rotatable bonds is 5. The fraction of sp³-hybridized carbons (Fsp3) is 0.333. The smallest absolute Gasteiger partial charge is 0.137 e. The van der Waals surface area contributed by atoms with E-state index in [1.807, 2.05) is 12.1 Å². The van der Waals surface area contributed by atoms with E-state index in [1.54, 1.807) is 6.92 Å². The Kier molecular flexibility index (Phi) is 5.40. The molecular formula is C24H27N3O. The monoisotopic (exact) mass is 373 g/mol. The summed E-state index contributed by atoms with van der Waals surface area (Å²) in [5, 5.41) is 2.43. The van der Waals surface area contributed by atoms with Gasteiger partial charge in [0.25, 0.3) is 0 Å².